The molecule has 0 saturated heterocycles. The van der Waals surface area contributed by atoms with E-state index in [4.69, 9.17) is 4.74 Å². The smallest absolute Gasteiger partial charge is 0.254 e. The molecule has 1 fully saturated rings. The highest BCUT2D eigenvalue weighted by atomic mass is 16.5. The Bertz CT molecular complexity index is 956. The van der Waals surface area contributed by atoms with Crippen molar-refractivity contribution < 1.29 is 19.1 Å². The number of nitrogens with zero attached hydrogens (tertiary/aromatic N) is 1. The largest absolute Gasteiger partial charge is 0.494 e. The molecule has 152 valence electrons. The van der Waals surface area contributed by atoms with Gasteiger partial charge < -0.3 is 26.0 Å². The van der Waals surface area contributed by atoms with Gasteiger partial charge in [-0.3, -0.25) is 14.4 Å². The normalized spacial score (nSPS) is 12.7. The lowest BCUT2D eigenvalue weighted by molar-refractivity contribution is -0.117. The average molecular weight is 397 g/mol. The maximum Gasteiger partial charge on any atom is 0.254 e. The third-order valence-electron chi connectivity index (χ3n) is 4.54. The summed E-state index contributed by atoms with van der Waals surface area (Å²) in [5, 5.41) is 11.0. The molecular weight excluding hydrogens is 374 g/mol. The van der Waals surface area contributed by atoms with Crippen LogP contribution in [0.25, 0.3) is 0 Å². The van der Waals surface area contributed by atoms with Gasteiger partial charge in [-0.2, -0.15) is 0 Å². The number of ether oxygens (including phenoxy) is 1. The van der Waals surface area contributed by atoms with Crippen molar-refractivity contribution in [1.82, 2.24) is 15.6 Å². The second-order valence-electron chi connectivity index (χ2n) is 6.55. The van der Waals surface area contributed by atoms with Crippen LogP contribution in [0, 0.1) is 5.92 Å². The number of amides is 3. The van der Waals surface area contributed by atoms with Crippen molar-refractivity contribution in [3.8, 4) is 5.75 Å². The number of nitrogens with one attached hydrogen (secondary N) is 4. The molecule has 1 aromatic carbocycles. The first-order valence-corrected chi connectivity index (χ1v) is 9.17. The second-order valence-corrected chi connectivity index (χ2v) is 6.55. The first-order chi connectivity index (χ1) is 14.0. The van der Waals surface area contributed by atoms with E-state index in [2.05, 4.69) is 26.3 Å². The van der Waals surface area contributed by atoms with E-state index in [9.17, 15) is 14.4 Å². The first-order valence-electron chi connectivity index (χ1n) is 9.17. The molecule has 1 aliphatic rings. The number of hydrogen-bond donors (Lipinski definition) is 4. The standard InChI is InChI=1S/C20H23N5O4/c1-21-19(27)12-5-4-6-14(17(12)29-3)24-15-9-16(25-18(26)11-7-8-11)23-10-13(15)20(28)22-2/h4-6,9-11H,7-8H2,1-3H3,(H,21,27)(H,22,28)(H2,23,24,25,26). The van der Waals surface area contributed by atoms with E-state index in [1.165, 1.54) is 27.4 Å². The third-order valence-corrected chi connectivity index (χ3v) is 4.54. The molecule has 29 heavy (non-hydrogen) atoms. The van der Waals surface area contributed by atoms with Crippen LogP contribution in [0.15, 0.2) is 30.5 Å². The van der Waals surface area contributed by atoms with Crippen LogP contribution in [0.4, 0.5) is 17.2 Å². The van der Waals surface area contributed by atoms with Gasteiger partial charge in [0.2, 0.25) is 5.91 Å². The predicted molar refractivity (Wildman–Crippen MR) is 109 cm³/mol. The highest BCUT2D eigenvalue weighted by Crippen LogP contribution is 2.34. The fourth-order valence-electron chi connectivity index (χ4n) is 2.83. The summed E-state index contributed by atoms with van der Waals surface area (Å²) in [4.78, 5) is 40.6. The quantitative estimate of drug-likeness (QED) is 0.566. The Morgan fingerprint density at radius 2 is 1.72 bits per heavy atom. The number of pyridine rings is 1. The van der Waals surface area contributed by atoms with Crippen LogP contribution in [-0.2, 0) is 4.79 Å². The molecule has 1 aromatic heterocycles. The number of carbonyl (C=O) groups excluding carboxylic acids is 3. The molecule has 9 heteroatoms. The Hall–Kier alpha value is -3.62. The van der Waals surface area contributed by atoms with Crippen LogP contribution in [-0.4, -0.2) is 43.9 Å². The van der Waals surface area contributed by atoms with Crippen molar-refractivity contribution in [2.75, 3.05) is 31.8 Å². The number of methoxy groups -OCH3 is 1. The molecule has 3 amide bonds. The number of benzene rings is 1. The summed E-state index contributed by atoms with van der Waals surface area (Å²) >= 11 is 0. The van der Waals surface area contributed by atoms with E-state index >= 15 is 0 Å². The maximum absolute atomic E-state index is 12.3. The molecule has 1 saturated carbocycles. The van der Waals surface area contributed by atoms with E-state index in [-0.39, 0.29) is 29.2 Å². The highest BCUT2D eigenvalue weighted by Gasteiger charge is 2.30. The molecule has 9 nitrogen and oxygen atoms in total. The van der Waals surface area contributed by atoms with Gasteiger partial charge in [0.05, 0.1) is 29.6 Å². The molecule has 0 bridgehead atoms. The number of carbonyl (C=O) groups is 3. The molecule has 0 aliphatic heterocycles. The molecule has 0 atom stereocenters. The van der Waals surface area contributed by atoms with Crippen LogP contribution < -0.4 is 26.0 Å². The maximum atomic E-state index is 12.3. The van der Waals surface area contributed by atoms with Crippen molar-refractivity contribution in [2.24, 2.45) is 5.92 Å². The van der Waals surface area contributed by atoms with Crippen LogP contribution >= 0.6 is 0 Å². The molecule has 3 rings (SSSR count). The van der Waals surface area contributed by atoms with Crippen LogP contribution in [0.1, 0.15) is 33.6 Å². The number of anilines is 3. The topological polar surface area (TPSA) is 121 Å². The minimum atomic E-state index is -0.346. The zero-order chi connectivity index (χ0) is 21.0. The van der Waals surface area contributed by atoms with E-state index in [0.29, 0.717) is 28.5 Å². The van der Waals surface area contributed by atoms with Crippen molar-refractivity contribution >= 4 is 34.9 Å². The fraction of sp³-hybridized carbons (Fsp3) is 0.300. The summed E-state index contributed by atoms with van der Waals surface area (Å²) in [7, 11) is 4.51. The van der Waals surface area contributed by atoms with Crippen LogP contribution in [0.2, 0.25) is 0 Å². The predicted octanol–water partition coefficient (Wildman–Crippen LogP) is 1.90. The zero-order valence-electron chi connectivity index (χ0n) is 16.5. The van der Waals surface area contributed by atoms with Gasteiger partial charge in [0.15, 0.2) is 5.75 Å². The summed E-state index contributed by atoms with van der Waals surface area (Å²) in [6, 6.07) is 6.64. The molecule has 4 N–H and O–H groups in total. The fourth-order valence-corrected chi connectivity index (χ4v) is 2.83. The van der Waals surface area contributed by atoms with E-state index < -0.39 is 0 Å². The molecule has 0 radical (unpaired) electrons. The van der Waals surface area contributed by atoms with Gasteiger partial charge in [-0.25, -0.2) is 4.98 Å². The lowest BCUT2D eigenvalue weighted by Gasteiger charge is -2.17. The van der Waals surface area contributed by atoms with Gasteiger partial charge in [0.25, 0.3) is 11.8 Å². The van der Waals surface area contributed by atoms with Crippen LogP contribution in [0.5, 0.6) is 5.75 Å². The van der Waals surface area contributed by atoms with Gasteiger partial charge >= 0.3 is 0 Å². The lowest BCUT2D eigenvalue weighted by atomic mass is 10.1. The summed E-state index contributed by atoms with van der Waals surface area (Å²) < 4.78 is 5.42. The van der Waals surface area contributed by atoms with Gasteiger partial charge in [0.1, 0.15) is 5.82 Å². The number of rotatable bonds is 7. The van der Waals surface area contributed by atoms with E-state index in [1.807, 2.05) is 0 Å². The molecule has 0 unspecified atom stereocenters. The van der Waals surface area contributed by atoms with E-state index in [1.54, 1.807) is 24.3 Å². The molecule has 1 heterocycles. The van der Waals surface area contributed by atoms with Crippen molar-refractivity contribution in [3.05, 3.63) is 41.6 Å². The lowest BCUT2D eigenvalue weighted by Crippen LogP contribution is -2.21. The number of aromatic nitrogens is 1. The Morgan fingerprint density at radius 3 is 2.34 bits per heavy atom. The third kappa shape index (κ3) is 4.45. The van der Waals surface area contributed by atoms with Gasteiger partial charge in [-0.1, -0.05) is 6.07 Å². The minimum absolute atomic E-state index is 0.0242. The average Bonchev–Trinajstić information content (AvgIpc) is 3.58. The summed E-state index contributed by atoms with van der Waals surface area (Å²) in [6.45, 7) is 0. The summed E-state index contributed by atoms with van der Waals surface area (Å²) in [6.07, 6.45) is 3.13. The molecule has 2 aromatic rings. The van der Waals surface area contributed by atoms with E-state index in [0.717, 1.165) is 12.8 Å². The second kappa shape index (κ2) is 8.59. The Morgan fingerprint density at radius 1 is 1.03 bits per heavy atom. The number of hydrogen-bond acceptors (Lipinski definition) is 6. The Kier molecular flexibility index (Phi) is 5.96. The minimum Gasteiger partial charge on any atom is -0.494 e. The summed E-state index contributed by atoms with van der Waals surface area (Å²) in [5.74, 6) is -0.0503. The Balaban J connectivity index is 1.98. The highest BCUT2D eigenvalue weighted by molar-refractivity contribution is 6.03. The zero-order valence-corrected chi connectivity index (χ0v) is 16.5. The number of para-hydroxylation sites is 1. The summed E-state index contributed by atoms with van der Waals surface area (Å²) in [5.41, 5.74) is 1.53. The van der Waals surface area contributed by atoms with Gasteiger partial charge in [0, 0.05) is 32.3 Å². The van der Waals surface area contributed by atoms with Crippen molar-refractivity contribution in [1.29, 1.82) is 0 Å². The van der Waals surface area contributed by atoms with Crippen LogP contribution in [0.3, 0.4) is 0 Å². The molecule has 1 aliphatic carbocycles. The Labute approximate surface area is 168 Å². The van der Waals surface area contributed by atoms with Gasteiger partial charge in [-0.15, -0.1) is 0 Å². The SMILES string of the molecule is CNC(=O)c1cnc(NC(=O)C2CC2)cc1Nc1cccc(C(=O)NC)c1OC. The molecule has 0 spiro atoms. The first kappa shape index (κ1) is 20.1. The van der Waals surface area contributed by atoms with Crippen molar-refractivity contribution in [3.63, 3.8) is 0 Å². The van der Waals surface area contributed by atoms with Crippen molar-refractivity contribution in [2.45, 2.75) is 12.8 Å². The van der Waals surface area contributed by atoms with Gasteiger partial charge in [-0.05, 0) is 25.0 Å². The monoisotopic (exact) mass is 397 g/mol. The molecular formula is C20H23N5O4.